The van der Waals surface area contributed by atoms with E-state index in [1.54, 1.807) is 7.11 Å². The van der Waals surface area contributed by atoms with E-state index in [0.29, 0.717) is 18.3 Å². The summed E-state index contributed by atoms with van der Waals surface area (Å²) in [5.41, 5.74) is 0.726. The van der Waals surface area contributed by atoms with Crippen LogP contribution in [0.15, 0.2) is 24.3 Å². The Kier molecular flexibility index (Phi) is 6.54. The molecule has 0 aromatic heterocycles. The first-order valence-corrected chi connectivity index (χ1v) is 7.96. The molecule has 0 saturated heterocycles. The average molecular weight is 290 g/mol. The fraction of sp³-hybridized carbons (Fsp3) is 0.588. The Hall–Kier alpha value is -1.55. The second-order valence-corrected chi connectivity index (χ2v) is 5.67. The van der Waals surface area contributed by atoms with Crippen molar-refractivity contribution in [3.63, 3.8) is 0 Å². The van der Waals surface area contributed by atoms with Gasteiger partial charge in [-0.05, 0) is 25.0 Å². The zero-order chi connectivity index (χ0) is 14.9. The summed E-state index contributed by atoms with van der Waals surface area (Å²) in [5.74, 6) is 0.679. The van der Waals surface area contributed by atoms with E-state index in [1.165, 1.54) is 44.9 Å². The van der Waals surface area contributed by atoms with Crippen molar-refractivity contribution >= 4 is 11.6 Å². The Morgan fingerprint density at radius 1 is 1.14 bits per heavy atom. The minimum atomic E-state index is -0.0124. The lowest BCUT2D eigenvalue weighted by Crippen LogP contribution is -2.36. The SMILES string of the molecule is COc1ccccc1NC(=O)CNC1CCCCCCC1. The van der Waals surface area contributed by atoms with Crippen LogP contribution in [-0.4, -0.2) is 25.6 Å². The van der Waals surface area contributed by atoms with Gasteiger partial charge < -0.3 is 15.4 Å². The zero-order valence-corrected chi connectivity index (χ0v) is 12.9. The summed E-state index contributed by atoms with van der Waals surface area (Å²) in [6.07, 6.45) is 8.92. The van der Waals surface area contributed by atoms with E-state index in [9.17, 15) is 4.79 Å². The third-order valence-corrected chi connectivity index (χ3v) is 4.04. The molecule has 4 nitrogen and oxygen atoms in total. The van der Waals surface area contributed by atoms with Gasteiger partial charge in [-0.1, -0.05) is 44.2 Å². The first-order chi connectivity index (χ1) is 10.3. The average Bonchev–Trinajstić information content (AvgIpc) is 2.46. The molecule has 1 aromatic carbocycles. The molecule has 1 fully saturated rings. The maximum absolute atomic E-state index is 12.0. The standard InChI is InChI=1S/C17H26N2O2/c1-21-16-12-8-7-11-15(16)19-17(20)13-18-14-9-5-3-2-4-6-10-14/h7-8,11-12,14,18H,2-6,9-10,13H2,1H3,(H,19,20). The highest BCUT2D eigenvalue weighted by Crippen LogP contribution is 2.22. The van der Waals surface area contributed by atoms with E-state index < -0.39 is 0 Å². The van der Waals surface area contributed by atoms with Gasteiger partial charge in [0.05, 0.1) is 19.3 Å². The van der Waals surface area contributed by atoms with Crippen molar-refractivity contribution in [2.75, 3.05) is 19.0 Å². The molecule has 2 rings (SSSR count). The normalized spacial score (nSPS) is 16.8. The van der Waals surface area contributed by atoms with Gasteiger partial charge >= 0.3 is 0 Å². The first-order valence-electron chi connectivity index (χ1n) is 7.96. The minimum Gasteiger partial charge on any atom is -0.495 e. The lowest BCUT2D eigenvalue weighted by Gasteiger charge is -2.21. The Bertz CT molecular complexity index is 440. The second kappa shape index (κ2) is 8.67. The largest absolute Gasteiger partial charge is 0.495 e. The molecule has 0 aliphatic heterocycles. The number of ether oxygens (including phenoxy) is 1. The highest BCUT2D eigenvalue weighted by Gasteiger charge is 2.13. The summed E-state index contributed by atoms with van der Waals surface area (Å²) >= 11 is 0. The topological polar surface area (TPSA) is 50.4 Å². The molecule has 1 aliphatic carbocycles. The highest BCUT2D eigenvalue weighted by molar-refractivity contribution is 5.93. The van der Waals surface area contributed by atoms with Crippen molar-refractivity contribution in [1.82, 2.24) is 5.32 Å². The maximum atomic E-state index is 12.0. The second-order valence-electron chi connectivity index (χ2n) is 5.67. The van der Waals surface area contributed by atoms with Gasteiger partial charge in [0, 0.05) is 6.04 Å². The van der Waals surface area contributed by atoms with Crippen molar-refractivity contribution in [3.05, 3.63) is 24.3 Å². The number of para-hydroxylation sites is 2. The van der Waals surface area contributed by atoms with Gasteiger partial charge in [0.1, 0.15) is 5.75 Å². The monoisotopic (exact) mass is 290 g/mol. The fourth-order valence-electron chi connectivity index (χ4n) is 2.84. The molecular formula is C17H26N2O2. The van der Waals surface area contributed by atoms with Crippen LogP contribution in [0.1, 0.15) is 44.9 Å². The van der Waals surface area contributed by atoms with Gasteiger partial charge in [-0.2, -0.15) is 0 Å². The number of nitrogens with one attached hydrogen (secondary N) is 2. The van der Waals surface area contributed by atoms with Gasteiger partial charge in [-0.25, -0.2) is 0 Å². The highest BCUT2D eigenvalue weighted by atomic mass is 16.5. The van der Waals surface area contributed by atoms with Crippen LogP contribution in [0, 0.1) is 0 Å². The fourth-order valence-corrected chi connectivity index (χ4v) is 2.84. The third-order valence-electron chi connectivity index (χ3n) is 4.04. The van der Waals surface area contributed by atoms with Crippen molar-refractivity contribution < 1.29 is 9.53 Å². The summed E-state index contributed by atoms with van der Waals surface area (Å²) in [6.45, 7) is 0.364. The van der Waals surface area contributed by atoms with Crippen LogP contribution in [0.5, 0.6) is 5.75 Å². The number of hydrogen-bond donors (Lipinski definition) is 2. The van der Waals surface area contributed by atoms with Crippen LogP contribution in [0.4, 0.5) is 5.69 Å². The number of rotatable bonds is 5. The van der Waals surface area contributed by atoms with Gasteiger partial charge in [-0.3, -0.25) is 4.79 Å². The molecule has 1 aliphatic rings. The van der Waals surface area contributed by atoms with Gasteiger partial charge in [0.2, 0.25) is 5.91 Å². The van der Waals surface area contributed by atoms with Crippen molar-refractivity contribution in [2.45, 2.75) is 51.0 Å². The quantitative estimate of drug-likeness (QED) is 0.874. The Balaban J connectivity index is 1.78. The molecule has 0 spiro atoms. The number of methoxy groups -OCH3 is 1. The van der Waals surface area contributed by atoms with E-state index in [1.807, 2.05) is 24.3 Å². The molecule has 2 N–H and O–H groups in total. The smallest absolute Gasteiger partial charge is 0.238 e. The molecule has 0 heterocycles. The van der Waals surface area contributed by atoms with Crippen molar-refractivity contribution in [3.8, 4) is 5.75 Å². The third kappa shape index (κ3) is 5.38. The number of benzene rings is 1. The van der Waals surface area contributed by atoms with Crippen LogP contribution in [0.2, 0.25) is 0 Å². The van der Waals surface area contributed by atoms with E-state index in [4.69, 9.17) is 4.74 Å². The minimum absolute atomic E-state index is 0.0124. The van der Waals surface area contributed by atoms with Gasteiger partial charge in [0.15, 0.2) is 0 Å². The van der Waals surface area contributed by atoms with Crippen LogP contribution in [-0.2, 0) is 4.79 Å². The van der Waals surface area contributed by atoms with E-state index >= 15 is 0 Å². The van der Waals surface area contributed by atoms with Crippen LogP contribution in [0.25, 0.3) is 0 Å². The van der Waals surface area contributed by atoms with Crippen molar-refractivity contribution in [1.29, 1.82) is 0 Å². The number of carbonyl (C=O) groups is 1. The molecule has 1 amide bonds. The lowest BCUT2D eigenvalue weighted by atomic mass is 9.97. The summed E-state index contributed by atoms with van der Waals surface area (Å²) in [4.78, 5) is 12.0. The van der Waals surface area contributed by atoms with E-state index in [2.05, 4.69) is 10.6 Å². The molecule has 0 unspecified atom stereocenters. The maximum Gasteiger partial charge on any atom is 0.238 e. The van der Waals surface area contributed by atoms with Gasteiger partial charge in [-0.15, -0.1) is 0 Å². The molecule has 1 aromatic rings. The van der Waals surface area contributed by atoms with E-state index in [0.717, 1.165) is 5.69 Å². The molecule has 0 bridgehead atoms. The predicted octanol–water partition coefficient (Wildman–Crippen LogP) is 3.34. The first kappa shape index (κ1) is 15.8. The number of carbonyl (C=O) groups excluding carboxylic acids is 1. The Morgan fingerprint density at radius 2 is 1.81 bits per heavy atom. The summed E-state index contributed by atoms with van der Waals surface area (Å²) < 4.78 is 5.24. The molecular weight excluding hydrogens is 264 g/mol. The number of hydrogen-bond acceptors (Lipinski definition) is 3. The summed E-state index contributed by atoms with van der Waals surface area (Å²) in [6, 6.07) is 7.96. The Morgan fingerprint density at radius 3 is 2.52 bits per heavy atom. The molecule has 21 heavy (non-hydrogen) atoms. The number of anilines is 1. The molecule has 4 heteroatoms. The summed E-state index contributed by atoms with van der Waals surface area (Å²) in [5, 5.41) is 6.30. The number of amides is 1. The van der Waals surface area contributed by atoms with Crippen LogP contribution >= 0.6 is 0 Å². The lowest BCUT2D eigenvalue weighted by molar-refractivity contribution is -0.115. The molecule has 116 valence electrons. The molecule has 0 radical (unpaired) electrons. The molecule has 0 atom stereocenters. The summed E-state index contributed by atoms with van der Waals surface area (Å²) in [7, 11) is 1.61. The van der Waals surface area contributed by atoms with Gasteiger partial charge in [0.25, 0.3) is 0 Å². The zero-order valence-electron chi connectivity index (χ0n) is 12.9. The van der Waals surface area contributed by atoms with Crippen molar-refractivity contribution in [2.24, 2.45) is 0 Å². The predicted molar refractivity (Wildman–Crippen MR) is 85.7 cm³/mol. The molecule has 1 saturated carbocycles. The van der Waals surface area contributed by atoms with Crippen LogP contribution < -0.4 is 15.4 Å². The Labute approximate surface area is 127 Å². The van der Waals surface area contributed by atoms with E-state index in [-0.39, 0.29) is 5.91 Å². The van der Waals surface area contributed by atoms with Crippen LogP contribution in [0.3, 0.4) is 0 Å².